The van der Waals surface area contributed by atoms with Crippen molar-refractivity contribution in [2.24, 2.45) is 0 Å². The van der Waals surface area contributed by atoms with Crippen LogP contribution < -0.4 is 0 Å². The van der Waals surface area contributed by atoms with Gasteiger partial charge in [-0.2, -0.15) is 5.10 Å². The van der Waals surface area contributed by atoms with E-state index in [0.717, 1.165) is 36.6 Å². The van der Waals surface area contributed by atoms with E-state index in [0.29, 0.717) is 0 Å². The number of hydrogen-bond donors (Lipinski definition) is 0. The van der Waals surface area contributed by atoms with Crippen molar-refractivity contribution in [1.82, 2.24) is 14.8 Å². The molecule has 0 bridgehead atoms. The van der Waals surface area contributed by atoms with E-state index in [1.54, 1.807) is 6.07 Å². The van der Waals surface area contributed by atoms with Gasteiger partial charge in [-0.25, -0.2) is 14.1 Å². The van der Waals surface area contributed by atoms with Crippen LogP contribution in [0.4, 0.5) is 4.39 Å². The summed E-state index contributed by atoms with van der Waals surface area (Å²) in [5, 5.41) is 4.61. The van der Waals surface area contributed by atoms with Crippen LogP contribution >= 0.6 is 0 Å². The monoisotopic (exact) mass is 273 g/mol. The summed E-state index contributed by atoms with van der Waals surface area (Å²) >= 11 is 0. The van der Waals surface area contributed by atoms with Crippen molar-refractivity contribution in [1.29, 1.82) is 0 Å². The number of halogens is 1. The van der Waals surface area contributed by atoms with Crippen LogP contribution in [-0.4, -0.2) is 14.8 Å². The number of hydrogen-bond acceptors (Lipinski definition) is 2. The van der Waals surface area contributed by atoms with Gasteiger partial charge < -0.3 is 0 Å². The fourth-order valence-electron chi connectivity index (χ4n) is 2.72. The lowest BCUT2D eigenvalue weighted by Crippen LogP contribution is -2.18. The van der Waals surface area contributed by atoms with Crippen molar-refractivity contribution >= 4 is 0 Å². The summed E-state index contributed by atoms with van der Waals surface area (Å²) in [6.07, 6.45) is 1.95. The minimum absolute atomic E-state index is 0.0218. The van der Waals surface area contributed by atoms with Crippen molar-refractivity contribution in [2.45, 2.75) is 51.5 Å². The molecule has 106 valence electrons. The molecule has 1 aliphatic rings. The summed E-state index contributed by atoms with van der Waals surface area (Å²) in [5.41, 5.74) is 0.658. The van der Waals surface area contributed by atoms with E-state index in [-0.39, 0.29) is 17.2 Å². The van der Waals surface area contributed by atoms with Gasteiger partial charge in [0.2, 0.25) is 0 Å². The molecule has 0 amide bonds. The third kappa shape index (κ3) is 2.23. The molecule has 1 aromatic carbocycles. The maximum atomic E-state index is 14.1. The van der Waals surface area contributed by atoms with Gasteiger partial charge in [0.1, 0.15) is 11.6 Å². The molecule has 2 aromatic rings. The van der Waals surface area contributed by atoms with Gasteiger partial charge in [0.15, 0.2) is 5.82 Å². The Kier molecular flexibility index (Phi) is 3.11. The first-order chi connectivity index (χ1) is 9.47. The minimum atomic E-state index is -0.147. The molecule has 1 atom stereocenters. The lowest BCUT2D eigenvalue weighted by atomic mass is 9.90. The smallest absolute Gasteiger partial charge is 0.156 e. The second-order valence-electron chi connectivity index (χ2n) is 6.48. The Morgan fingerprint density at radius 2 is 2.00 bits per heavy atom. The van der Waals surface area contributed by atoms with Crippen LogP contribution in [0.3, 0.4) is 0 Å². The molecule has 0 saturated carbocycles. The number of aromatic nitrogens is 3. The molecule has 0 aliphatic carbocycles. The van der Waals surface area contributed by atoms with Crippen molar-refractivity contribution < 1.29 is 4.39 Å². The molecule has 20 heavy (non-hydrogen) atoms. The van der Waals surface area contributed by atoms with Crippen LogP contribution in [0.5, 0.6) is 0 Å². The van der Waals surface area contributed by atoms with Gasteiger partial charge in [-0.15, -0.1) is 0 Å². The average Bonchev–Trinajstić information content (AvgIpc) is 2.83. The van der Waals surface area contributed by atoms with E-state index in [9.17, 15) is 4.39 Å². The number of nitrogens with zero attached hydrogens (tertiary/aromatic N) is 3. The predicted octanol–water partition coefficient (Wildman–Crippen LogP) is 3.64. The second kappa shape index (κ2) is 4.69. The summed E-state index contributed by atoms with van der Waals surface area (Å²) in [6, 6.07) is 7.00. The van der Waals surface area contributed by atoms with Crippen molar-refractivity contribution in [2.75, 3.05) is 0 Å². The maximum absolute atomic E-state index is 14.1. The highest BCUT2D eigenvalue weighted by molar-refractivity contribution is 5.28. The zero-order valence-corrected chi connectivity index (χ0v) is 12.2. The quantitative estimate of drug-likeness (QED) is 0.794. The Morgan fingerprint density at radius 3 is 2.70 bits per heavy atom. The molecular formula is C16H20FN3. The number of fused-ring (bicyclic) bond motifs is 1. The Balaban J connectivity index is 2.06. The highest BCUT2D eigenvalue weighted by Gasteiger charge is 2.30. The van der Waals surface area contributed by atoms with Crippen LogP contribution in [0.25, 0.3) is 0 Å². The van der Waals surface area contributed by atoms with Crippen LogP contribution in [0.15, 0.2) is 24.3 Å². The highest BCUT2D eigenvalue weighted by Crippen LogP contribution is 2.34. The first-order valence-electron chi connectivity index (χ1n) is 7.16. The Bertz CT molecular complexity index is 625. The number of aryl methyl sites for hydroxylation is 1. The lowest BCUT2D eigenvalue weighted by Gasteiger charge is -2.22. The molecule has 0 spiro atoms. The lowest BCUT2D eigenvalue weighted by molar-refractivity contribution is 0.433. The second-order valence-corrected chi connectivity index (χ2v) is 6.48. The highest BCUT2D eigenvalue weighted by atomic mass is 19.1. The molecule has 3 rings (SSSR count). The van der Waals surface area contributed by atoms with Gasteiger partial charge in [0.25, 0.3) is 0 Å². The third-order valence-electron chi connectivity index (χ3n) is 3.83. The topological polar surface area (TPSA) is 30.7 Å². The predicted molar refractivity (Wildman–Crippen MR) is 76.2 cm³/mol. The van der Waals surface area contributed by atoms with Crippen LogP contribution in [0, 0.1) is 5.82 Å². The molecule has 1 unspecified atom stereocenters. The first-order valence-corrected chi connectivity index (χ1v) is 7.16. The summed E-state index contributed by atoms with van der Waals surface area (Å²) in [7, 11) is 0. The molecule has 4 heteroatoms. The SMILES string of the molecule is CC(C)(C)c1nc2n(n1)CCCC2c1ccccc1F. The van der Waals surface area contributed by atoms with Crippen LogP contribution in [0.2, 0.25) is 0 Å². The molecule has 3 nitrogen and oxygen atoms in total. The van der Waals surface area contributed by atoms with Crippen molar-refractivity contribution in [3.63, 3.8) is 0 Å². The van der Waals surface area contributed by atoms with Gasteiger partial charge in [-0.3, -0.25) is 0 Å². The molecule has 0 radical (unpaired) electrons. The Labute approximate surface area is 118 Å². The summed E-state index contributed by atoms with van der Waals surface area (Å²) < 4.78 is 16.0. The fraction of sp³-hybridized carbons (Fsp3) is 0.500. The molecule has 2 heterocycles. The zero-order chi connectivity index (χ0) is 14.3. The standard InChI is InChI=1S/C16H20FN3/c1-16(2,3)15-18-14-12(8-6-10-20(14)19-15)11-7-4-5-9-13(11)17/h4-5,7,9,12H,6,8,10H2,1-3H3. The maximum Gasteiger partial charge on any atom is 0.156 e. The average molecular weight is 273 g/mol. The molecule has 0 saturated heterocycles. The van der Waals surface area contributed by atoms with Gasteiger partial charge >= 0.3 is 0 Å². The minimum Gasteiger partial charge on any atom is -0.249 e. The van der Waals surface area contributed by atoms with Gasteiger partial charge in [0, 0.05) is 17.9 Å². The largest absolute Gasteiger partial charge is 0.249 e. The van der Waals surface area contributed by atoms with E-state index < -0.39 is 0 Å². The Morgan fingerprint density at radius 1 is 1.25 bits per heavy atom. The number of rotatable bonds is 1. The summed E-state index contributed by atoms with van der Waals surface area (Å²) in [6.45, 7) is 7.19. The first kappa shape index (κ1) is 13.3. The molecular weight excluding hydrogens is 253 g/mol. The summed E-state index contributed by atoms with van der Waals surface area (Å²) in [5.74, 6) is 1.63. The van der Waals surface area contributed by atoms with E-state index in [4.69, 9.17) is 4.98 Å². The van der Waals surface area contributed by atoms with E-state index >= 15 is 0 Å². The third-order valence-corrected chi connectivity index (χ3v) is 3.83. The Hall–Kier alpha value is -1.71. The summed E-state index contributed by atoms with van der Waals surface area (Å²) in [4.78, 5) is 4.71. The van der Waals surface area contributed by atoms with Gasteiger partial charge in [-0.1, -0.05) is 39.0 Å². The van der Waals surface area contributed by atoms with E-state index in [2.05, 4.69) is 25.9 Å². The molecule has 1 aliphatic heterocycles. The van der Waals surface area contributed by atoms with Crippen LogP contribution in [0.1, 0.15) is 56.7 Å². The zero-order valence-electron chi connectivity index (χ0n) is 12.2. The normalized spacial score (nSPS) is 18.9. The molecule has 0 N–H and O–H groups in total. The molecule has 1 aromatic heterocycles. The molecule has 0 fully saturated rings. The number of benzene rings is 1. The fourth-order valence-corrected chi connectivity index (χ4v) is 2.72. The van der Waals surface area contributed by atoms with Crippen molar-refractivity contribution in [3.05, 3.63) is 47.3 Å². The van der Waals surface area contributed by atoms with E-state index in [1.165, 1.54) is 6.07 Å². The van der Waals surface area contributed by atoms with Gasteiger partial charge in [0.05, 0.1) is 0 Å². The van der Waals surface area contributed by atoms with Crippen molar-refractivity contribution in [3.8, 4) is 0 Å². The van der Waals surface area contributed by atoms with E-state index in [1.807, 2.05) is 16.8 Å². The van der Waals surface area contributed by atoms with Gasteiger partial charge in [-0.05, 0) is 24.5 Å². The van der Waals surface area contributed by atoms with Crippen LogP contribution in [-0.2, 0) is 12.0 Å².